The first-order valence-corrected chi connectivity index (χ1v) is 6.01. The smallest absolute Gasteiger partial charge is 0.0963 e. The highest BCUT2D eigenvalue weighted by atomic mass is 16.3. The molecule has 0 radical (unpaired) electrons. The maximum atomic E-state index is 10.4. The van der Waals surface area contributed by atoms with Crippen LogP contribution in [-0.4, -0.2) is 5.11 Å². The number of hydrogen-bond donors (Lipinski definition) is 1. The molecule has 1 aromatic rings. The molecule has 1 heterocycles. The Bertz CT molecular complexity index is 439. The molecule has 2 aliphatic rings. The van der Waals surface area contributed by atoms with Gasteiger partial charge in [0.15, 0.2) is 0 Å². The third kappa shape index (κ3) is 1.44. The van der Waals surface area contributed by atoms with E-state index in [0.717, 1.165) is 24.8 Å². The highest BCUT2D eigenvalue weighted by molar-refractivity contribution is 5.33. The Morgan fingerprint density at radius 3 is 2.94 bits per heavy atom. The molecule has 0 saturated heterocycles. The quantitative estimate of drug-likeness (QED) is 0.678. The predicted octanol–water partition coefficient (Wildman–Crippen LogP) is 3.23. The molecule has 3 rings (SSSR count). The number of furan rings is 1. The van der Waals surface area contributed by atoms with Gasteiger partial charge in [-0.15, -0.1) is 0 Å². The average molecular weight is 218 g/mol. The number of aliphatic hydroxyl groups is 1. The van der Waals surface area contributed by atoms with Crippen LogP contribution in [0.25, 0.3) is 0 Å². The number of fused-ring (bicyclic) bond motifs is 2. The number of allylic oxidation sites excluding steroid dienone is 1. The molecule has 2 aliphatic carbocycles. The predicted molar refractivity (Wildman–Crippen MR) is 62.0 cm³/mol. The zero-order chi connectivity index (χ0) is 11.3. The second-order valence-corrected chi connectivity index (χ2v) is 5.82. The lowest BCUT2D eigenvalue weighted by atomic mass is 9.86. The van der Waals surface area contributed by atoms with Crippen molar-refractivity contribution in [3.05, 3.63) is 35.3 Å². The van der Waals surface area contributed by atoms with E-state index in [1.165, 1.54) is 11.1 Å². The van der Waals surface area contributed by atoms with Crippen LogP contribution in [0.2, 0.25) is 0 Å². The number of aryl methyl sites for hydroxylation is 1. The van der Waals surface area contributed by atoms with E-state index in [0.29, 0.717) is 5.92 Å². The molecule has 2 nitrogen and oxygen atoms in total. The minimum atomic E-state index is -0.371. The van der Waals surface area contributed by atoms with Crippen molar-refractivity contribution in [3.63, 3.8) is 0 Å². The summed E-state index contributed by atoms with van der Waals surface area (Å²) >= 11 is 0. The SMILES string of the molecule is CC1(C)C=C2CCc3cocc3C(O)C2C1. The van der Waals surface area contributed by atoms with Gasteiger partial charge in [-0.1, -0.05) is 25.5 Å². The third-order valence-electron chi connectivity index (χ3n) is 3.96. The summed E-state index contributed by atoms with van der Waals surface area (Å²) in [6, 6.07) is 0. The van der Waals surface area contributed by atoms with Crippen molar-refractivity contribution in [3.8, 4) is 0 Å². The van der Waals surface area contributed by atoms with Gasteiger partial charge in [0.2, 0.25) is 0 Å². The van der Waals surface area contributed by atoms with Crippen LogP contribution in [0.1, 0.15) is 43.9 Å². The second-order valence-electron chi connectivity index (χ2n) is 5.82. The Hall–Kier alpha value is -1.02. The van der Waals surface area contributed by atoms with E-state index in [1.54, 1.807) is 12.5 Å². The van der Waals surface area contributed by atoms with E-state index in [-0.39, 0.29) is 11.5 Å². The molecular weight excluding hydrogens is 200 g/mol. The molecule has 0 spiro atoms. The van der Waals surface area contributed by atoms with Crippen LogP contribution in [0.5, 0.6) is 0 Å². The molecular formula is C14H18O2. The minimum Gasteiger partial charge on any atom is -0.472 e. The van der Waals surface area contributed by atoms with Gasteiger partial charge in [0.1, 0.15) is 0 Å². The molecule has 1 aromatic heterocycles. The molecule has 0 amide bonds. The van der Waals surface area contributed by atoms with Gasteiger partial charge in [-0.3, -0.25) is 0 Å². The van der Waals surface area contributed by atoms with Crippen LogP contribution in [0.3, 0.4) is 0 Å². The van der Waals surface area contributed by atoms with Crippen LogP contribution in [0.15, 0.2) is 28.6 Å². The fourth-order valence-electron chi connectivity index (χ4n) is 3.23. The van der Waals surface area contributed by atoms with E-state index < -0.39 is 0 Å². The Morgan fingerprint density at radius 2 is 2.12 bits per heavy atom. The van der Waals surface area contributed by atoms with Crippen LogP contribution < -0.4 is 0 Å². The topological polar surface area (TPSA) is 33.4 Å². The van der Waals surface area contributed by atoms with E-state index in [1.807, 2.05) is 0 Å². The molecule has 0 bridgehead atoms. The van der Waals surface area contributed by atoms with Crippen LogP contribution in [0.4, 0.5) is 0 Å². The van der Waals surface area contributed by atoms with Gasteiger partial charge in [0, 0.05) is 11.5 Å². The Morgan fingerprint density at radius 1 is 1.31 bits per heavy atom. The first-order chi connectivity index (χ1) is 7.57. The second kappa shape index (κ2) is 3.24. The van der Waals surface area contributed by atoms with E-state index in [4.69, 9.17) is 4.42 Å². The van der Waals surface area contributed by atoms with Crippen molar-refractivity contribution in [2.75, 3.05) is 0 Å². The zero-order valence-electron chi connectivity index (χ0n) is 9.86. The number of rotatable bonds is 0. The Labute approximate surface area is 96.0 Å². The largest absolute Gasteiger partial charge is 0.472 e. The van der Waals surface area contributed by atoms with Gasteiger partial charge in [-0.2, -0.15) is 0 Å². The lowest BCUT2D eigenvalue weighted by Gasteiger charge is -2.22. The Balaban J connectivity index is 2.00. The molecule has 1 N–H and O–H groups in total. The lowest BCUT2D eigenvalue weighted by molar-refractivity contribution is 0.114. The molecule has 16 heavy (non-hydrogen) atoms. The summed E-state index contributed by atoms with van der Waals surface area (Å²) in [6.45, 7) is 4.50. The third-order valence-corrected chi connectivity index (χ3v) is 3.96. The van der Waals surface area contributed by atoms with E-state index in [9.17, 15) is 5.11 Å². The standard InChI is InChI=1S/C14H18O2/c1-14(2)5-9-3-4-10-7-16-8-12(10)13(15)11(9)6-14/h5,7-8,11,13,15H,3-4,6H2,1-2H3. The van der Waals surface area contributed by atoms with Crippen molar-refractivity contribution in [2.24, 2.45) is 11.3 Å². The highest BCUT2D eigenvalue weighted by Gasteiger charge is 2.38. The van der Waals surface area contributed by atoms with Gasteiger partial charge in [0.25, 0.3) is 0 Å². The van der Waals surface area contributed by atoms with Crippen LogP contribution in [0, 0.1) is 11.3 Å². The van der Waals surface area contributed by atoms with Gasteiger partial charge in [-0.25, -0.2) is 0 Å². The fraction of sp³-hybridized carbons (Fsp3) is 0.571. The molecule has 0 aliphatic heterocycles. The minimum absolute atomic E-state index is 0.238. The highest BCUT2D eigenvalue weighted by Crippen LogP contribution is 2.49. The van der Waals surface area contributed by atoms with Crippen molar-refractivity contribution in [1.29, 1.82) is 0 Å². The van der Waals surface area contributed by atoms with Crippen LogP contribution in [-0.2, 0) is 6.42 Å². The summed E-state index contributed by atoms with van der Waals surface area (Å²) in [4.78, 5) is 0. The van der Waals surface area contributed by atoms with Gasteiger partial charge in [0.05, 0.1) is 18.6 Å². The zero-order valence-corrected chi connectivity index (χ0v) is 9.86. The summed E-state index contributed by atoms with van der Waals surface area (Å²) in [6.07, 6.45) is 8.61. The number of hydrogen-bond acceptors (Lipinski definition) is 2. The first kappa shape index (κ1) is 10.2. The van der Waals surface area contributed by atoms with Crippen molar-refractivity contribution >= 4 is 0 Å². The van der Waals surface area contributed by atoms with E-state index >= 15 is 0 Å². The maximum Gasteiger partial charge on any atom is 0.0963 e. The summed E-state index contributed by atoms with van der Waals surface area (Å²) in [5, 5.41) is 10.4. The van der Waals surface area contributed by atoms with Crippen molar-refractivity contribution in [1.82, 2.24) is 0 Å². The summed E-state index contributed by atoms with van der Waals surface area (Å²) in [5.74, 6) is 0.300. The molecule has 0 saturated carbocycles. The molecule has 2 heteroatoms. The van der Waals surface area contributed by atoms with E-state index in [2.05, 4.69) is 19.9 Å². The molecule has 2 atom stereocenters. The summed E-state index contributed by atoms with van der Waals surface area (Å²) in [5.41, 5.74) is 3.86. The molecule has 86 valence electrons. The fourth-order valence-corrected chi connectivity index (χ4v) is 3.23. The van der Waals surface area contributed by atoms with Crippen molar-refractivity contribution in [2.45, 2.75) is 39.2 Å². The first-order valence-electron chi connectivity index (χ1n) is 6.01. The van der Waals surface area contributed by atoms with Gasteiger partial charge >= 0.3 is 0 Å². The molecule has 0 aromatic carbocycles. The average Bonchev–Trinajstić information content (AvgIpc) is 2.75. The molecule has 2 unspecified atom stereocenters. The van der Waals surface area contributed by atoms with Crippen LogP contribution >= 0.6 is 0 Å². The summed E-state index contributed by atoms with van der Waals surface area (Å²) < 4.78 is 5.21. The number of aliphatic hydroxyl groups excluding tert-OH is 1. The van der Waals surface area contributed by atoms with Gasteiger partial charge in [-0.05, 0) is 30.2 Å². The lowest BCUT2D eigenvalue weighted by Crippen LogP contribution is -2.14. The monoisotopic (exact) mass is 218 g/mol. The van der Waals surface area contributed by atoms with Crippen molar-refractivity contribution < 1.29 is 9.52 Å². The maximum absolute atomic E-state index is 10.4. The summed E-state index contributed by atoms with van der Waals surface area (Å²) in [7, 11) is 0. The molecule has 0 fully saturated rings. The Kier molecular flexibility index (Phi) is 2.05. The van der Waals surface area contributed by atoms with Gasteiger partial charge < -0.3 is 9.52 Å². The normalized spacial score (nSPS) is 31.6.